The number of halogens is 1. The van der Waals surface area contributed by atoms with Crippen LogP contribution in [0.25, 0.3) is 0 Å². The van der Waals surface area contributed by atoms with E-state index in [1.165, 1.54) is 0 Å². The number of rotatable bonds is 2. The number of hydrogen-bond donors (Lipinski definition) is 0. The largest absolute Gasteiger partial charge is 0.368 e. The van der Waals surface area contributed by atoms with Crippen LogP contribution in [0.3, 0.4) is 0 Å². The summed E-state index contributed by atoms with van der Waals surface area (Å²) >= 11 is 3.51. The Morgan fingerprint density at radius 3 is 2.44 bits per heavy atom. The Morgan fingerprint density at radius 2 is 1.89 bits per heavy atom. The second kappa shape index (κ2) is 5.86. The van der Waals surface area contributed by atoms with Crippen LogP contribution in [0, 0.1) is 22.7 Å². The van der Waals surface area contributed by atoms with Crippen molar-refractivity contribution in [2.24, 2.45) is 0 Å². The lowest BCUT2D eigenvalue weighted by Gasteiger charge is -2.35. The van der Waals surface area contributed by atoms with Gasteiger partial charge in [-0.1, -0.05) is 0 Å². The molecule has 1 saturated heterocycles. The lowest BCUT2D eigenvalue weighted by atomic mass is 10.2. The number of piperazine rings is 1. The molecule has 2 rings (SSSR count). The first kappa shape index (κ1) is 12.9. The van der Waals surface area contributed by atoms with E-state index in [9.17, 15) is 0 Å². The maximum atomic E-state index is 8.84. The number of nitriles is 2. The molecular formula is C13H13BrN4. The lowest BCUT2D eigenvalue weighted by molar-refractivity contribution is 0.287. The standard InChI is InChI=1S/C13H13BrN4/c14-12-9-11(10-16)1-2-13(12)18-7-5-17(4-3-15)6-8-18/h1-2,9H,4-8H2. The average molecular weight is 305 g/mol. The molecule has 0 N–H and O–H groups in total. The zero-order valence-electron chi connectivity index (χ0n) is 9.93. The highest BCUT2D eigenvalue weighted by atomic mass is 79.9. The number of anilines is 1. The highest BCUT2D eigenvalue weighted by Crippen LogP contribution is 2.28. The Labute approximate surface area is 115 Å². The Balaban J connectivity index is 2.06. The number of hydrogen-bond acceptors (Lipinski definition) is 4. The fourth-order valence-corrected chi connectivity index (χ4v) is 2.71. The summed E-state index contributed by atoms with van der Waals surface area (Å²) in [5.41, 5.74) is 1.78. The van der Waals surface area contributed by atoms with Crippen molar-refractivity contribution in [3.8, 4) is 12.1 Å². The Hall–Kier alpha value is -1.56. The van der Waals surface area contributed by atoms with Gasteiger partial charge in [0.2, 0.25) is 0 Å². The minimum atomic E-state index is 0.502. The third-order valence-electron chi connectivity index (χ3n) is 3.08. The molecule has 1 fully saturated rings. The molecular weight excluding hydrogens is 292 g/mol. The molecule has 1 heterocycles. The third kappa shape index (κ3) is 2.81. The van der Waals surface area contributed by atoms with Gasteiger partial charge in [-0.15, -0.1) is 0 Å². The van der Waals surface area contributed by atoms with E-state index in [0.29, 0.717) is 12.1 Å². The van der Waals surface area contributed by atoms with Crippen molar-refractivity contribution < 1.29 is 0 Å². The van der Waals surface area contributed by atoms with Gasteiger partial charge in [0.1, 0.15) is 0 Å². The third-order valence-corrected chi connectivity index (χ3v) is 3.72. The molecule has 1 aliphatic rings. The summed E-state index contributed by atoms with van der Waals surface area (Å²) in [4.78, 5) is 4.42. The first-order valence-corrected chi connectivity index (χ1v) is 6.58. The van der Waals surface area contributed by atoms with Gasteiger partial charge in [0, 0.05) is 30.7 Å². The first-order chi connectivity index (χ1) is 8.74. The maximum absolute atomic E-state index is 8.84. The molecule has 0 spiro atoms. The molecule has 0 aromatic heterocycles. The molecule has 0 atom stereocenters. The van der Waals surface area contributed by atoms with E-state index in [1.807, 2.05) is 18.2 Å². The minimum Gasteiger partial charge on any atom is -0.368 e. The van der Waals surface area contributed by atoms with Crippen LogP contribution in [0.1, 0.15) is 5.56 Å². The zero-order chi connectivity index (χ0) is 13.0. The van der Waals surface area contributed by atoms with Gasteiger partial charge in [0.25, 0.3) is 0 Å². The van der Waals surface area contributed by atoms with Gasteiger partial charge in [-0.2, -0.15) is 10.5 Å². The van der Waals surface area contributed by atoms with Gasteiger partial charge in [-0.05, 0) is 34.1 Å². The van der Waals surface area contributed by atoms with Crippen LogP contribution in [-0.4, -0.2) is 37.6 Å². The summed E-state index contributed by atoms with van der Waals surface area (Å²) in [6.45, 7) is 4.13. The quantitative estimate of drug-likeness (QED) is 0.784. The minimum absolute atomic E-state index is 0.502. The van der Waals surface area contributed by atoms with E-state index in [-0.39, 0.29) is 0 Å². The molecule has 0 radical (unpaired) electrons. The Bertz CT molecular complexity index is 507. The molecule has 1 aromatic carbocycles. The van der Waals surface area contributed by atoms with Crippen LogP contribution in [0.5, 0.6) is 0 Å². The summed E-state index contributed by atoms with van der Waals surface area (Å²) in [6.07, 6.45) is 0. The van der Waals surface area contributed by atoms with Crippen molar-refractivity contribution in [1.29, 1.82) is 10.5 Å². The molecule has 18 heavy (non-hydrogen) atoms. The molecule has 0 amide bonds. The predicted molar refractivity (Wildman–Crippen MR) is 73.1 cm³/mol. The zero-order valence-corrected chi connectivity index (χ0v) is 11.5. The van der Waals surface area contributed by atoms with Crippen LogP contribution in [-0.2, 0) is 0 Å². The van der Waals surface area contributed by atoms with Crippen LogP contribution in [0.2, 0.25) is 0 Å². The summed E-state index contributed by atoms with van der Waals surface area (Å²) in [5.74, 6) is 0. The number of benzene rings is 1. The maximum Gasteiger partial charge on any atom is 0.0992 e. The predicted octanol–water partition coefficient (Wildman–Crippen LogP) is 1.97. The van der Waals surface area contributed by atoms with Gasteiger partial charge in [-0.25, -0.2) is 0 Å². The van der Waals surface area contributed by atoms with Crippen molar-refractivity contribution in [2.75, 3.05) is 37.6 Å². The van der Waals surface area contributed by atoms with E-state index in [1.54, 1.807) is 0 Å². The Morgan fingerprint density at radius 1 is 1.17 bits per heavy atom. The van der Waals surface area contributed by atoms with Crippen molar-refractivity contribution in [3.63, 3.8) is 0 Å². The second-order valence-electron chi connectivity index (χ2n) is 4.20. The van der Waals surface area contributed by atoms with E-state index in [2.05, 4.69) is 37.9 Å². The molecule has 0 unspecified atom stereocenters. The van der Waals surface area contributed by atoms with Gasteiger partial charge in [0.05, 0.1) is 29.9 Å². The molecule has 0 saturated carbocycles. The number of nitrogens with zero attached hydrogens (tertiary/aromatic N) is 4. The summed E-state index contributed by atoms with van der Waals surface area (Å²) in [7, 11) is 0. The monoisotopic (exact) mass is 304 g/mol. The SMILES string of the molecule is N#CCN1CCN(c2ccc(C#N)cc2Br)CC1. The summed E-state index contributed by atoms with van der Waals surface area (Å²) in [6, 6.07) is 9.96. The fraction of sp³-hybridized carbons (Fsp3) is 0.385. The summed E-state index contributed by atoms with van der Waals surface area (Å²) in [5, 5.41) is 17.5. The van der Waals surface area contributed by atoms with Gasteiger partial charge < -0.3 is 4.90 Å². The highest BCUT2D eigenvalue weighted by molar-refractivity contribution is 9.10. The van der Waals surface area contributed by atoms with Crippen molar-refractivity contribution in [1.82, 2.24) is 4.90 Å². The van der Waals surface area contributed by atoms with Crippen LogP contribution in [0.15, 0.2) is 22.7 Å². The molecule has 0 aliphatic carbocycles. The van der Waals surface area contributed by atoms with E-state index < -0.39 is 0 Å². The molecule has 92 valence electrons. The van der Waals surface area contributed by atoms with Crippen molar-refractivity contribution >= 4 is 21.6 Å². The topological polar surface area (TPSA) is 54.1 Å². The molecule has 4 nitrogen and oxygen atoms in total. The van der Waals surface area contributed by atoms with E-state index in [4.69, 9.17) is 10.5 Å². The Kier molecular flexibility index (Phi) is 4.19. The van der Waals surface area contributed by atoms with E-state index in [0.717, 1.165) is 36.3 Å². The molecule has 1 aliphatic heterocycles. The lowest BCUT2D eigenvalue weighted by Crippen LogP contribution is -2.46. The normalized spacial score (nSPS) is 16.1. The van der Waals surface area contributed by atoms with Crippen molar-refractivity contribution in [2.45, 2.75) is 0 Å². The van der Waals surface area contributed by atoms with E-state index >= 15 is 0 Å². The highest BCUT2D eigenvalue weighted by Gasteiger charge is 2.18. The first-order valence-electron chi connectivity index (χ1n) is 5.78. The smallest absolute Gasteiger partial charge is 0.0992 e. The second-order valence-corrected chi connectivity index (χ2v) is 5.05. The molecule has 0 bridgehead atoms. The van der Waals surface area contributed by atoms with Gasteiger partial charge in [0.15, 0.2) is 0 Å². The summed E-state index contributed by atoms with van der Waals surface area (Å²) < 4.78 is 0.954. The molecule has 1 aromatic rings. The average Bonchev–Trinajstić information content (AvgIpc) is 2.40. The van der Waals surface area contributed by atoms with Gasteiger partial charge >= 0.3 is 0 Å². The van der Waals surface area contributed by atoms with Crippen LogP contribution < -0.4 is 4.90 Å². The van der Waals surface area contributed by atoms with Crippen LogP contribution >= 0.6 is 15.9 Å². The van der Waals surface area contributed by atoms with Crippen LogP contribution in [0.4, 0.5) is 5.69 Å². The molecule has 5 heteroatoms. The fourth-order valence-electron chi connectivity index (χ4n) is 2.08. The van der Waals surface area contributed by atoms with Crippen molar-refractivity contribution in [3.05, 3.63) is 28.2 Å². The van der Waals surface area contributed by atoms with Gasteiger partial charge in [-0.3, -0.25) is 4.90 Å².